The molecule has 2 unspecified atom stereocenters. The predicted molar refractivity (Wildman–Crippen MR) is 208 cm³/mol. The fourth-order valence-corrected chi connectivity index (χ4v) is 12.0. The standard InChI is InChI=1S/C36H33N6O9P3/c37-25-1-13-31(14-2-25)46-41-52(48-33-19-7-28(43)8-20-33)40-54(50-35-21-9-29(44)10-22-35,51-36-23-11-30(45)12-24-36)42(47-32-15-3-26(38)4-16-32)53(41)49-34-17-5-27(39)6-18-34/h1-24,43-45H,37-39H2. The van der Waals surface area contributed by atoms with Crippen molar-refractivity contribution in [3.8, 4) is 51.7 Å². The van der Waals surface area contributed by atoms with Crippen LogP contribution in [0.5, 0.6) is 51.7 Å². The van der Waals surface area contributed by atoms with Crippen molar-refractivity contribution in [2.45, 2.75) is 0 Å². The summed E-state index contributed by atoms with van der Waals surface area (Å²) in [5.74, 6) is 1.84. The Morgan fingerprint density at radius 2 is 0.796 bits per heavy atom. The topological polar surface area (TPSA) is 213 Å². The zero-order valence-corrected chi connectivity index (χ0v) is 30.7. The van der Waals surface area contributed by atoms with Gasteiger partial charge in [0.05, 0.1) is 0 Å². The third-order valence-corrected chi connectivity index (χ3v) is 14.0. The molecule has 6 aromatic carbocycles. The van der Waals surface area contributed by atoms with Crippen LogP contribution in [0.25, 0.3) is 0 Å². The van der Waals surface area contributed by atoms with Crippen LogP contribution in [0.3, 0.4) is 0 Å². The smallest absolute Gasteiger partial charge is 0.447 e. The van der Waals surface area contributed by atoms with Crippen molar-refractivity contribution in [3.63, 3.8) is 0 Å². The number of nitrogens with zero attached hydrogens (tertiary/aromatic N) is 3. The zero-order chi connectivity index (χ0) is 37.7. The molecule has 0 saturated heterocycles. The van der Waals surface area contributed by atoms with E-state index in [1.54, 1.807) is 84.9 Å². The van der Waals surface area contributed by atoms with E-state index in [0.29, 0.717) is 40.1 Å². The highest BCUT2D eigenvalue weighted by Crippen LogP contribution is 2.77. The molecule has 6 aromatic rings. The number of rotatable bonds is 12. The number of nitrogens with two attached hydrogens (primary N) is 3. The summed E-state index contributed by atoms with van der Waals surface area (Å²) in [6.07, 6.45) is 0. The van der Waals surface area contributed by atoms with E-state index in [0.717, 1.165) is 0 Å². The fourth-order valence-electron chi connectivity index (χ4n) is 4.56. The normalized spacial score (nSPS) is 16.7. The van der Waals surface area contributed by atoms with Gasteiger partial charge in [0.1, 0.15) is 51.7 Å². The average Bonchev–Trinajstić information content (AvgIpc) is 3.16. The van der Waals surface area contributed by atoms with Crippen LogP contribution in [-0.4, -0.2) is 24.5 Å². The van der Waals surface area contributed by atoms with Crippen LogP contribution in [0.1, 0.15) is 0 Å². The number of hydrogen-bond donors (Lipinski definition) is 6. The zero-order valence-electron chi connectivity index (χ0n) is 28.1. The molecule has 0 aliphatic carbocycles. The Hall–Kier alpha value is -6.07. The molecular weight excluding hydrogens is 753 g/mol. The van der Waals surface area contributed by atoms with Gasteiger partial charge in [-0.1, -0.05) is 0 Å². The van der Waals surface area contributed by atoms with Gasteiger partial charge in [-0.3, -0.25) is 0 Å². The van der Waals surface area contributed by atoms with Gasteiger partial charge >= 0.3 is 24.6 Å². The molecular formula is C36H33N6O9P3. The first-order valence-electron chi connectivity index (χ1n) is 16.0. The molecule has 1 aliphatic heterocycles. The van der Waals surface area contributed by atoms with E-state index < -0.39 is 24.6 Å². The van der Waals surface area contributed by atoms with E-state index in [-0.39, 0.29) is 28.7 Å². The Labute approximate surface area is 312 Å². The summed E-state index contributed by atoms with van der Waals surface area (Å²) in [4.78, 5) is 13.2. The van der Waals surface area contributed by atoms with Crippen molar-refractivity contribution < 1.29 is 43.1 Å². The lowest BCUT2D eigenvalue weighted by Gasteiger charge is -2.43. The summed E-state index contributed by atoms with van der Waals surface area (Å²) in [5, 5.41) is 30.3. The summed E-state index contributed by atoms with van der Waals surface area (Å²) in [7, 11) is -8.81. The van der Waals surface area contributed by atoms with Crippen molar-refractivity contribution >= 4 is 41.6 Å². The molecule has 1 heterocycles. The molecule has 2 atom stereocenters. The maximum absolute atomic E-state index is 10.1. The number of anilines is 3. The molecule has 0 bridgehead atoms. The average molecular weight is 787 g/mol. The van der Waals surface area contributed by atoms with Crippen LogP contribution >= 0.6 is 24.6 Å². The van der Waals surface area contributed by atoms with Gasteiger partial charge in [-0.25, -0.2) is 0 Å². The highest BCUT2D eigenvalue weighted by Gasteiger charge is 2.58. The summed E-state index contributed by atoms with van der Waals surface area (Å²) in [6, 6.07) is 38.0. The van der Waals surface area contributed by atoms with Gasteiger partial charge in [0.15, 0.2) is 0 Å². The van der Waals surface area contributed by atoms with Crippen LogP contribution < -0.4 is 45.0 Å². The Kier molecular flexibility index (Phi) is 10.7. The van der Waals surface area contributed by atoms with E-state index in [4.69, 9.17) is 49.5 Å². The van der Waals surface area contributed by atoms with Crippen LogP contribution in [-0.2, 0) is 0 Å². The maximum atomic E-state index is 10.1. The van der Waals surface area contributed by atoms with Crippen LogP contribution in [0.2, 0.25) is 0 Å². The van der Waals surface area contributed by atoms with Crippen LogP contribution in [0.15, 0.2) is 150 Å². The molecule has 1 aliphatic rings. The second kappa shape index (κ2) is 15.9. The number of aromatic hydroxyl groups is 3. The lowest BCUT2D eigenvalue weighted by molar-refractivity contribution is 0.0546. The molecule has 0 amide bonds. The molecule has 276 valence electrons. The number of phenols is 3. The Morgan fingerprint density at radius 3 is 1.24 bits per heavy atom. The van der Waals surface area contributed by atoms with Crippen molar-refractivity contribution in [3.05, 3.63) is 146 Å². The number of phenolic OH excluding ortho intramolecular Hbond substituents is 3. The Balaban J connectivity index is 1.48. The molecule has 7 rings (SSSR count). The van der Waals surface area contributed by atoms with E-state index >= 15 is 0 Å². The quantitative estimate of drug-likeness (QED) is 0.0504. The van der Waals surface area contributed by atoms with Crippen LogP contribution in [0, 0.1) is 0 Å². The van der Waals surface area contributed by atoms with Gasteiger partial charge in [0, 0.05) is 26.3 Å². The summed E-state index contributed by atoms with van der Waals surface area (Å²) >= 11 is 0. The summed E-state index contributed by atoms with van der Waals surface area (Å²) < 4.78 is 34.8. The minimum Gasteiger partial charge on any atom is -0.508 e. The van der Waals surface area contributed by atoms with E-state index in [1.807, 2.05) is 0 Å². The largest absolute Gasteiger partial charge is 0.508 e. The number of nitrogen functional groups attached to an aromatic ring is 3. The minimum atomic E-state index is -4.07. The Morgan fingerprint density at radius 1 is 0.444 bits per heavy atom. The first kappa shape index (κ1) is 36.3. The molecule has 0 fully saturated rings. The molecule has 15 nitrogen and oxygen atoms in total. The van der Waals surface area contributed by atoms with Crippen molar-refractivity contribution in [1.29, 1.82) is 0 Å². The first-order chi connectivity index (χ1) is 26.1. The molecule has 54 heavy (non-hydrogen) atoms. The lowest BCUT2D eigenvalue weighted by Crippen LogP contribution is -2.37. The molecule has 18 heteroatoms. The van der Waals surface area contributed by atoms with Gasteiger partial charge < -0.3 is 60.3 Å². The second-order valence-corrected chi connectivity index (χ2v) is 16.8. The van der Waals surface area contributed by atoms with Crippen molar-refractivity contribution in [2.24, 2.45) is 4.52 Å². The SMILES string of the molecule is Nc1ccc(ON2P(Oc3ccc(O)cc3)N=P(Oc3ccc(O)cc3)(Oc3ccc(O)cc3)N(Oc3ccc(N)cc3)P2Oc2ccc(N)cc2)cc1. The van der Waals surface area contributed by atoms with Crippen molar-refractivity contribution in [1.82, 2.24) is 9.21 Å². The van der Waals surface area contributed by atoms with E-state index in [1.165, 1.54) is 69.9 Å². The molecule has 0 aromatic heterocycles. The van der Waals surface area contributed by atoms with Gasteiger partial charge in [-0.2, -0.15) is 0 Å². The Bertz CT molecular complexity index is 2170. The molecule has 0 radical (unpaired) electrons. The van der Waals surface area contributed by atoms with E-state index in [9.17, 15) is 15.3 Å². The summed E-state index contributed by atoms with van der Waals surface area (Å²) in [6.45, 7) is 0. The second-order valence-electron chi connectivity index (χ2n) is 11.3. The molecule has 0 saturated carbocycles. The van der Waals surface area contributed by atoms with Gasteiger partial charge in [0.2, 0.25) is 0 Å². The highest BCUT2D eigenvalue weighted by molar-refractivity contribution is 7.78. The predicted octanol–water partition coefficient (Wildman–Crippen LogP) is 9.17. The highest BCUT2D eigenvalue weighted by atomic mass is 31.3. The third kappa shape index (κ3) is 8.75. The monoisotopic (exact) mass is 786 g/mol. The number of hydrogen-bond acceptors (Lipinski definition) is 15. The number of benzene rings is 6. The van der Waals surface area contributed by atoms with Gasteiger partial charge in [-0.15, -0.1) is 4.52 Å². The molecule has 0 spiro atoms. The fraction of sp³-hybridized carbons (Fsp3) is 0. The minimum absolute atomic E-state index is 0.000303. The van der Waals surface area contributed by atoms with E-state index in [2.05, 4.69) is 0 Å². The van der Waals surface area contributed by atoms with Gasteiger partial charge in [-0.05, 0) is 146 Å². The van der Waals surface area contributed by atoms with Gasteiger partial charge in [0.25, 0.3) is 0 Å². The summed E-state index contributed by atoms with van der Waals surface area (Å²) in [5.41, 5.74) is 19.6. The maximum Gasteiger partial charge on any atom is 0.447 e. The lowest BCUT2D eigenvalue weighted by atomic mass is 10.3. The van der Waals surface area contributed by atoms with Crippen LogP contribution in [0.4, 0.5) is 17.1 Å². The third-order valence-electron chi connectivity index (χ3n) is 7.19. The van der Waals surface area contributed by atoms with Crippen molar-refractivity contribution in [2.75, 3.05) is 17.2 Å². The first-order valence-corrected chi connectivity index (χ1v) is 19.8. The molecule has 9 N–H and O–H groups in total.